The van der Waals surface area contributed by atoms with Crippen molar-refractivity contribution in [2.75, 3.05) is 6.54 Å². The molecule has 3 heterocycles. The molecule has 0 aliphatic carbocycles. The number of hydrogen-bond donors (Lipinski definition) is 2. The second kappa shape index (κ2) is 10.3. The molecule has 166 valence electrons. The molecule has 4 rings (SSSR count). The van der Waals surface area contributed by atoms with E-state index in [0.29, 0.717) is 6.42 Å². The maximum Gasteiger partial charge on any atom is 0.263 e. The number of nitrogens with one attached hydrogen (secondary N) is 2. The second-order valence-electron chi connectivity index (χ2n) is 8.01. The first kappa shape index (κ1) is 21.9. The first-order chi connectivity index (χ1) is 15.6. The summed E-state index contributed by atoms with van der Waals surface area (Å²) in [6.45, 7) is 4.97. The molecule has 2 N–H and O–H groups in total. The Morgan fingerprint density at radius 3 is 2.88 bits per heavy atom. The van der Waals surface area contributed by atoms with Crippen LogP contribution in [-0.2, 0) is 0 Å². The van der Waals surface area contributed by atoms with E-state index in [-0.39, 0.29) is 17.7 Å². The van der Waals surface area contributed by atoms with Crippen LogP contribution in [0.3, 0.4) is 0 Å². The van der Waals surface area contributed by atoms with Crippen molar-refractivity contribution >= 4 is 16.7 Å². The number of nitrogens with zero attached hydrogens (tertiary/aromatic N) is 3. The van der Waals surface area contributed by atoms with Crippen LogP contribution in [0.5, 0.6) is 0 Å². The molecule has 0 bridgehead atoms. The van der Waals surface area contributed by atoms with E-state index in [0.717, 1.165) is 65.9 Å². The van der Waals surface area contributed by atoms with Crippen molar-refractivity contribution in [2.45, 2.75) is 52.0 Å². The second-order valence-corrected chi connectivity index (χ2v) is 8.01. The van der Waals surface area contributed by atoms with Gasteiger partial charge in [-0.15, -0.1) is 0 Å². The molecule has 0 amide bonds. The number of aryl methyl sites for hydroxylation is 1. The van der Waals surface area contributed by atoms with Gasteiger partial charge in [-0.25, -0.2) is 9.97 Å². The first-order valence-corrected chi connectivity index (χ1v) is 11.2. The number of unbranched alkanes of at least 4 members (excludes halogenated alkanes) is 2. The zero-order chi connectivity index (χ0) is 22.3. The van der Waals surface area contributed by atoms with Crippen LogP contribution in [-0.4, -0.2) is 32.3 Å². The van der Waals surface area contributed by atoms with Crippen LogP contribution in [0.25, 0.3) is 22.2 Å². The number of oxazole rings is 1. The number of Topliss-reactive ketones (excluding diaryl/α,β-unsaturated/α-hetero) is 1. The molecular weight excluding hydrogens is 402 g/mol. The SMILES string of the molecule is CCN[C@@H](CCCCCC(=O)c1ncco1)c1ncc(-c2ccc3nc(C)ccc3c2)[nH]1. The fourth-order valence-corrected chi connectivity index (χ4v) is 3.92. The molecule has 1 aromatic carbocycles. The van der Waals surface area contributed by atoms with Gasteiger partial charge in [0.05, 0.1) is 29.6 Å². The zero-order valence-electron chi connectivity index (χ0n) is 18.6. The van der Waals surface area contributed by atoms with Gasteiger partial charge in [-0.1, -0.05) is 31.9 Å². The number of fused-ring (bicyclic) bond motifs is 1. The first-order valence-electron chi connectivity index (χ1n) is 11.2. The van der Waals surface area contributed by atoms with Crippen LogP contribution >= 0.6 is 0 Å². The van der Waals surface area contributed by atoms with Crippen LogP contribution in [0, 0.1) is 6.92 Å². The van der Waals surface area contributed by atoms with Gasteiger partial charge in [-0.3, -0.25) is 9.78 Å². The Balaban J connectivity index is 1.35. The summed E-state index contributed by atoms with van der Waals surface area (Å²) in [5, 5.41) is 4.64. The van der Waals surface area contributed by atoms with E-state index in [1.54, 1.807) is 0 Å². The van der Waals surface area contributed by atoms with Gasteiger partial charge < -0.3 is 14.7 Å². The maximum absolute atomic E-state index is 12.0. The number of pyridine rings is 1. The van der Waals surface area contributed by atoms with Crippen molar-refractivity contribution in [2.24, 2.45) is 0 Å². The number of aromatic nitrogens is 4. The number of carbonyl (C=O) groups excluding carboxylic acids is 1. The van der Waals surface area contributed by atoms with Crippen molar-refractivity contribution in [3.63, 3.8) is 0 Å². The number of H-pyrrole nitrogens is 1. The summed E-state index contributed by atoms with van der Waals surface area (Å²) in [7, 11) is 0. The quantitative estimate of drug-likeness (QED) is 0.244. The molecule has 0 saturated heterocycles. The number of aromatic amines is 1. The molecule has 0 fully saturated rings. The lowest BCUT2D eigenvalue weighted by molar-refractivity contribution is 0.0945. The number of carbonyl (C=O) groups is 1. The van der Waals surface area contributed by atoms with Crippen LogP contribution in [0.1, 0.15) is 67.3 Å². The fourth-order valence-electron chi connectivity index (χ4n) is 3.92. The Bertz CT molecular complexity index is 1170. The van der Waals surface area contributed by atoms with Gasteiger partial charge in [-0.05, 0) is 44.5 Å². The van der Waals surface area contributed by atoms with E-state index in [2.05, 4.69) is 56.4 Å². The van der Waals surface area contributed by atoms with Crippen LogP contribution < -0.4 is 5.32 Å². The number of rotatable bonds is 11. The lowest BCUT2D eigenvalue weighted by Crippen LogP contribution is -2.22. The molecule has 0 spiro atoms. The van der Waals surface area contributed by atoms with Crippen LogP contribution in [0.15, 0.2) is 53.4 Å². The van der Waals surface area contributed by atoms with Crippen molar-refractivity contribution in [1.82, 2.24) is 25.3 Å². The summed E-state index contributed by atoms with van der Waals surface area (Å²) in [6.07, 6.45) is 9.06. The van der Waals surface area contributed by atoms with E-state index in [4.69, 9.17) is 4.42 Å². The number of benzene rings is 1. The highest BCUT2D eigenvalue weighted by Crippen LogP contribution is 2.25. The van der Waals surface area contributed by atoms with E-state index in [9.17, 15) is 4.79 Å². The molecular formula is C25H29N5O2. The third kappa shape index (κ3) is 5.29. The van der Waals surface area contributed by atoms with E-state index in [1.807, 2.05) is 19.2 Å². The third-order valence-electron chi connectivity index (χ3n) is 5.58. The molecule has 4 aromatic rings. The van der Waals surface area contributed by atoms with Gasteiger partial charge in [0.1, 0.15) is 12.1 Å². The predicted molar refractivity (Wildman–Crippen MR) is 124 cm³/mol. The third-order valence-corrected chi connectivity index (χ3v) is 5.58. The maximum atomic E-state index is 12.0. The summed E-state index contributed by atoms with van der Waals surface area (Å²) in [6, 6.07) is 10.6. The summed E-state index contributed by atoms with van der Waals surface area (Å²) in [5.74, 6) is 1.12. The van der Waals surface area contributed by atoms with Gasteiger partial charge >= 0.3 is 0 Å². The molecule has 7 nitrogen and oxygen atoms in total. The molecule has 1 atom stereocenters. The lowest BCUT2D eigenvalue weighted by atomic mass is 10.1. The van der Waals surface area contributed by atoms with Crippen molar-refractivity contribution in [3.8, 4) is 11.3 Å². The standard InChI is InChI=1S/C25H29N5O2/c1-3-26-21(7-5-4-6-8-23(31)25-27-13-14-32-25)24-28-16-22(30-24)19-11-12-20-18(15-19)10-9-17(2)29-20/h9-16,21,26H,3-8H2,1-2H3,(H,28,30)/t21-/m0/s1. The Hall–Kier alpha value is -3.32. The summed E-state index contributed by atoms with van der Waals surface area (Å²) >= 11 is 0. The average Bonchev–Trinajstić information content (AvgIpc) is 3.50. The van der Waals surface area contributed by atoms with Crippen molar-refractivity contribution in [3.05, 3.63) is 66.4 Å². The highest BCUT2D eigenvalue weighted by molar-refractivity contribution is 5.91. The minimum atomic E-state index is -0.0327. The summed E-state index contributed by atoms with van der Waals surface area (Å²) < 4.78 is 5.06. The predicted octanol–water partition coefficient (Wildman–Crippen LogP) is 5.41. The minimum Gasteiger partial charge on any atom is -0.442 e. The van der Waals surface area contributed by atoms with Crippen LogP contribution in [0.2, 0.25) is 0 Å². The topological polar surface area (TPSA) is 96.7 Å². The smallest absolute Gasteiger partial charge is 0.263 e. The minimum absolute atomic E-state index is 0.0327. The Morgan fingerprint density at radius 2 is 2.06 bits per heavy atom. The van der Waals surface area contributed by atoms with Crippen molar-refractivity contribution in [1.29, 1.82) is 0 Å². The molecule has 0 unspecified atom stereocenters. The van der Waals surface area contributed by atoms with Crippen molar-refractivity contribution < 1.29 is 9.21 Å². The average molecular weight is 432 g/mol. The van der Waals surface area contributed by atoms with Gasteiger partial charge in [0.2, 0.25) is 5.78 Å². The zero-order valence-corrected chi connectivity index (χ0v) is 18.6. The van der Waals surface area contributed by atoms with Gasteiger partial charge in [0.15, 0.2) is 0 Å². The number of imidazole rings is 1. The molecule has 7 heteroatoms. The summed E-state index contributed by atoms with van der Waals surface area (Å²) in [4.78, 5) is 28.6. The Kier molecular flexibility index (Phi) is 7.07. The Labute approximate surface area is 187 Å². The lowest BCUT2D eigenvalue weighted by Gasteiger charge is -2.15. The molecule has 0 aliphatic rings. The molecule has 0 aliphatic heterocycles. The van der Waals surface area contributed by atoms with Crippen LogP contribution in [0.4, 0.5) is 0 Å². The largest absolute Gasteiger partial charge is 0.442 e. The number of hydrogen-bond acceptors (Lipinski definition) is 6. The molecule has 32 heavy (non-hydrogen) atoms. The molecule has 0 radical (unpaired) electrons. The molecule has 0 saturated carbocycles. The summed E-state index contributed by atoms with van der Waals surface area (Å²) in [5.41, 5.74) is 4.12. The van der Waals surface area contributed by atoms with Gasteiger partial charge in [-0.2, -0.15) is 0 Å². The van der Waals surface area contributed by atoms with E-state index < -0.39 is 0 Å². The van der Waals surface area contributed by atoms with E-state index >= 15 is 0 Å². The van der Waals surface area contributed by atoms with E-state index in [1.165, 1.54) is 12.5 Å². The molecule has 3 aromatic heterocycles. The number of ketones is 1. The monoisotopic (exact) mass is 431 g/mol. The highest BCUT2D eigenvalue weighted by atomic mass is 16.3. The fraction of sp³-hybridized carbons (Fsp3) is 0.360. The Morgan fingerprint density at radius 1 is 1.16 bits per heavy atom. The highest BCUT2D eigenvalue weighted by Gasteiger charge is 2.15. The van der Waals surface area contributed by atoms with Gasteiger partial charge in [0, 0.05) is 23.1 Å². The van der Waals surface area contributed by atoms with Gasteiger partial charge in [0.25, 0.3) is 5.89 Å². The normalized spacial score (nSPS) is 12.3.